The molecule has 0 saturated carbocycles. The number of para-hydroxylation sites is 2. The Balaban J connectivity index is 2.16. The summed E-state index contributed by atoms with van der Waals surface area (Å²) < 4.78 is 5.74. The Morgan fingerprint density at radius 3 is 2.81 bits per heavy atom. The number of anilines is 2. The second-order valence-electron chi connectivity index (χ2n) is 5.15. The largest absolute Gasteiger partial charge is 0.491 e. The summed E-state index contributed by atoms with van der Waals surface area (Å²) in [5.41, 5.74) is 3.00. The zero-order valence-corrected chi connectivity index (χ0v) is 11.9. The van der Waals surface area contributed by atoms with Crippen molar-refractivity contribution in [2.45, 2.75) is 13.3 Å². The van der Waals surface area contributed by atoms with Crippen molar-refractivity contribution < 1.29 is 14.6 Å². The molecule has 2 aromatic carbocycles. The van der Waals surface area contributed by atoms with E-state index in [2.05, 4.69) is 0 Å². The molecule has 108 valence electrons. The number of carbonyl (C=O) groups is 1. The average molecular weight is 283 g/mol. The first-order valence-corrected chi connectivity index (χ1v) is 7.00. The first-order valence-electron chi connectivity index (χ1n) is 7.00. The number of fused-ring (bicyclic) bond motifs is 1. The first-order chi connectivity index (χ1) is 10.2. The fraction of sp³-hybridized carbons (Fsp3) is 0.235. The van der Waals surface area contributed by atoms with Gasteiger partial charge in [0.25, 0.3) is 0 Å². The maximum absolute atomic E-state index is 11.5. The lowest BCUT2D eigenvalue weighted by Gasteiger charge is -2.25. The fourth-order valence-corrected chi connectivity index (χ4v) is 2.62. The van der Waals surface area contributed by atoms with E-state index in [4.69, 9.17) is 4.74 Å². The van der Waals surface area contributed by atoms with Gasteiger partial charge in [-0.3, -0.25) is 0 Å². The Labute approximate surface area is 123 Å². The van der Waals surface area contributed by atoms with E-state index in [1.165, 1.54) is 0 Å². The van der Waals surface area contributed by atoms with Crippen molar-refractivity contribution in [3.8, 4) is 5.75 Å². The van der Waals surface area contributed by atoms with Crippen LogP contribution in [-0.2, 0) is 0 Å². The van der Waals surface area contributed by atoms with Gasteiger partial charge in [-0.25, -0.2) is 4.79 Å². The highest BCUT2D eigenvalue weighted by Gasteiger charge is 2.22. The van der Waals surface area contributed by atoms with Gasteiger partial charge in [-0.2, -0.15) is 0 Å². The molecule has 0 saturated heterocycles. The van der Waals surface area contributed by atoms with Crippen LogP contribution in [0.1, 0.15) is 22.3 Å². The van der Waals surface area contributed by atoms with Gasteiger partial charge in [0.2, 0.25) is 0 Å². The topological polar surface area (TPSA) is 49.8 Å². The predicted octanol–water partition coefficient (Wildman–Crippen LogP) is 3.61. The Kier molecular flexibility index (Phi) is 3.52. The SMILES string of the molecule is Cc1ccc(C(=O)O)c(N2CCCOc3ccccc32)c1. The maximum Gasteiger partial charge on any atom is 0.337 e. The summed E-state index contributed by atoms with van der Waals surface area (Å²) in [6, 6.07) is 13.2. The molecule has 1 aliphatic heterocycles. The maximum atomic E-state index is 11.5. The number of rotatable bonds is 2. The van der Waals surface area contributed by atoms with Gasteiger partial charge in [-0.1, -0.05) is 18.2 Å². The number of carboxylic acids is 1. The van der Waals surface area contributed by atoms with Gasteiger partial charge in [0.05, 0.1) is 23.5 Å². The lowest BCUT2D eigenvalue weighted by Crippen LogP contribution is -2.20. The van der Waals surface area contributed by atoms with Gasteiger partial charge >= 0.3 is 5.97 Å². The molecule has 2 aromatic rings. The summed E-state index contributed by atoms with van der Waals surface area (Å²) in [5, 5.41) is 9.45. The van der Waals surface area contributed by atoms with Crippen molar-refractivity contribution in [1.82, 2.24) is 0 Å². The number of ether oxygens (including phenoxy) is 1. The molecule has 0 amide bonds. The highest BCUT2D eigenvalue weighted by molar-refractivity contribution is 5.96. The van der Waals surface area contributed by atoms with Crippen molar-refractivity contribution in [2.24, 2.45) is 0 Å². The van der Waals surface area contributed by atoms with Crippen molar-refractivity contribution >= 4 is 17.3 Å². The third-order valence-corrected chi connectivity index (χ3v) is 3.61. The molecule has 0 aliphatic carbocycles. The molecule has 1 heterocycles. The van der Waals surface area contributed by atoms with E-state index >= 15 is 0 Å². The van der Waals surface area contributed by atoms with E-state index < -0.39 is 5.97 Å². The minimum Gasteiger partial charge on any atom is -0.491 e. The quantitative estimate of drug-likeness (QED) is 0.914. The van der Waals surface area contributed by atoms with Gasteiger partial charge in [0.15, 0.2) is 0 Å². The molecule has 0 aromatic heterocycles. The van der Waals surface area contributed by atoms with Crippen LogP contribution in [-0.4, -0.2) is 24.2 Å². The van der Waals surface area contributed by atoms with Crippen LogP contribution in [0.4, 0.5) is 11.4 Å². The monoisotopic (exact) mass is 283 g/mol. The average Bonchev–Trinajstić information content (AvgIpc) is 2.69. The third kappa shape index (κ3) is 2.57. The molecule has 0 radical (unpaired) electrons. The van der Waals surface area contributed by atoms with Gasteiger partial charge in [-0.05, 0) is 43.2 Å². The molecule has 4 heteroatoms. The number of nitrogens with zero attached hydrogens (tertiary/aromatic N) is 1. The molecule has 0 fully saturated rings. The van der Waals surface area contributed by atoms with E-state index in [-0.39, 0.29) is 0 Å². The summed E-state index contributed by atoms with van der Waals surface area (Å²) in [6.07, 6.45) is 0.849. The standard InChI is InChI=1S/C17H17NO3/c1-12-7-8-13(17(19)20)15(11-12)18-9-4-10-21-16-6-3-2-5-14(16)18/h2-3,5-8,11H,4,9-10H2,1H3,(H,19,20). The molecule has 0 bridgehead atoms. The number of aryl methyl sites for hydroxylation is 1. The Morgan fingerprint density at radius 1 is 1.19 bits per heavy atom. The minimum absolute atomic E-state index is 0.317. The van der Waals surface area contributed by atoms with Gasteiger partial charge in [-0.15, -0.1) is 0 Å². The summed E-state index contributed by atoms with van der Waals surface area (Å²) in [6.45, 7) is 3.35. The van der Waals surface area contributed by atoms with Crippen molar-refractivity contribution in [3.63, 3.8) is 0 Å². The highest BCUT2D eigenvalue weighted by Crippen LogP contribution is 2.37. The van der Waals surface area contributed by atoms with E-state index in [1.807, 2.05) is 48.2 Å². The van der Waals surface area contributed by atoms with Crippen molar-refractivity contribution in [2.75, 3.05) is 18.1 Å². The Bertz CT molecular complexity index is 681. The van der Waals surface area contributed by atoms with Gasteiger partial charge in [0.1, 0.15) is 5.75 Å². The fourth-order valence-electron chi connectivity index (χ4n) is 2.62. The van der Waals surface area contributed by atoms with Crippen LogP contribution in [0, 0.1) is 6.92 Å². The molecular formula is C17H17NO3. The number of hydrogen-bond donors (Lipinski definition) is 1. The number of carboxylic acid groups (broad SMARTS) is 1. The molecule has 1 aliphatic rings. The molecule has 0 unspecified atom stereocenters. The smallest absolute Gasteiger partial charge is 0.337 e. The van der Waals surface area contributed by atoms with Crippen LogP contribution in [0.15, 0.2) is 42.5 Å². The second-order valence-corrected chi connectivity index (χ2v) is 5.15. The second kappa shape index (κ2) is 5.48. The predicted molar refractivity (Wildman–Crippen MR) is 81.7 cm³/mol. The molecule has 0 atom stereocenters. The number of benzene rings is 2. The van der Waals surface area contributed by atoms with Crippen molar-refractivity contribution in [1.29, 1.82) is 0 Å². The summed E-state index contributed by atoms with van der Waals surface area (Å²) in [5.74, 6) is -0.111. The summed E-state index contributed by atoms with van der Waals surface area (Å²) in [4.78, 5) is 13.6. The Hall–Kier alpha value is -2.49. The van der Waals surface area contributed by atoms with Gasteiger partial charge in [0, 0.05) is 6.54 Å². The minimum atomic E-state index is -0.910. The first kappa shape index (κ1) is 13.5. The van der Waals surface area contributed by atoms with Gasteiger partial charge < -0.3 is 14.7 Å². The Morgan fingerprint density at radius 2 is 2.00 bits per heavy atom. The van der Waals surface area contributed by atoms with Crippen molar-refractivity contribution in [3.05, 3.63) is 53.6 Å². The summed E-state index contributed by atoms with van der Waals surface area (Å²) >= 11 is 0. The van der Waals surface area contributed by atoms with Crippen LogP contribution < -0.4 is 9.64 Å². The zero-order valence-electron chi connectivity index (χ0n) is 11.9. The van der Waals surface area contributed by atoms with E-state index in [0.717, 1.165) is 35.7 Å². The number of hydrogen-bond acceptors (Lipinski definition) is 3. The molecule has 4 nitrogen and oxygen atoms in total. The molecule has 1 N–H and O–H groups in total. The molecule has 0 spiro atoms. The highest BCUT2D eigenvalue weighted by atomic mass is 16.5. The normalized spacial score (nSPS) is 14.0. The van der Waals surface area contributed by atoms with E-state index in [1.54, 1.807) is 6.07 Å². The molecule has 21 heavy (non-hydrogen) atoms. The van der Waals surface area contributed by atoms with E-state index in [0.29, 0.717) is 12.2 Å². The van der Waals surface area contributed by atoms with Crippen LogP contribution in [0.3, 0.4) is 0 Å². The third-order valence-electron chi connectivity index (χ3n) is 3.61. The van der Waals surface area contributed by atoms with Crippen LogP contribution in [0.25, 0.3) is 0 Å². The zero-order chi connectivity index (χ0) is 14.8. The van der Waals surface area contributed by atoms with Crippen LogP contribution in [0.2, 0.25) is 0 Å². The van der Waals surface area contributed by atoms with Crippen LogP contribution >= 0.6 is 0 Å². The molecule has 3 rings (SSSR count). The lowest BCUT2D eigenvalue weighted by atomic mass is 10.1. The lowest BCUT2D eigenvalue weighted by molar-refractivity contribution is 0.0697. The summed E-state index contributed by atoms with van der Waals surface area (Å²) in [7, 11) is 0. The number of aromatic carboxylic acids is 1. The molecular weight excluding hydrogens is 266 g/mol. The van der Waals surface area contributed by atoms with E-state index in [9.17, 15) is 9.90 Å². The van der Waals surface area contributed by atoms with Crippen LogP contribution in [0.5, 0.6) is 5.75 Å².